The molecule has 1 aliphatic carbocycles. The predicted octanol–water partition coefficient (Wildman–Crippen LogP) is 6.38. The standard InChI is InChI=1S/C24H42O4/c1-3-5-7-9-10-11-12-16-20-28-24(26)22-18-14-13-17-21(22)23(25)27-19-15-8-6-4-2/h13-14,21-22H,3-12,15-20H2,1-2H3. The monoisotopic (exact) mass is 394 g/mol. The smallest absolute Gasteiger partial charge is 0.310 e. The lowest BCUT2D eigenvalue weighted by molar-refractivity contribution is -0.161. The van der Waals surface area contributed by atoms with Crippen molar-refractivity contribution in [2.75, 3.05) is 13.2 Å². The summed E-state index contributed by atoms with van der Waals surface area (Å²) in [5, 5.41) is 0. The third-order valence-corrected chi connectivity index (χ3v) is 5.52. The summed E-state index contributed by atoms with van der Waals surface area (Å²) >= 11 is 0. The highest BCUT2D eigenvalue weighted by atomic mass is 16.5. The van der Waals surface area contributed by atoms with Crippen LogP contribution in [0, 0.1) is 11.8 Å². The van der Waals surface area contributed by atoms with Gasteiger partial charge in [-0.2, -0.15) is 0 Å². The normalized spacial score (nSPS) is 18.8. The molecule has 1 rings (SSSR count). The zero-order valence-corrected chi connectivity index (χ0v) is 18.3. The Morgan fingerprint density at radius 2 is 1.00 bits per heavy atom. The van der Waals surface area contributed by atoms with Crippen LogP contribution in [0.2, 0.25) is 0 Å². The Balaban J connectivity index is 2.22. The fraction of sp³-hybridized carbons (Fsp3) is 0.833. The van der Waals surface area contributed by atoms with E-state index in [0.29, 0.717) is 26.1 Å². The molecule has 0 aromatic heterocycles. The number of carbonyl (C=O) groups is 2. The minimum Gasteiger partial charge on any atom is -0.465 e. The fourth-order valence-electron chi connectivity index (χ4n) is 3.66. The highest BCUT2D eigenvalue weighted by Gasteiger charge is 2.36. The molecule has 0 radical (unpaired) electrons. The summed E-state index contributed by atoms with van der Waals surface area (Å²) in [4.78, 5) is 24.9. The molecule has 0 N–H and O–H groups in total. The molecule has 0 saturated heterocycles. The molecular formula is C24H42O4. The molecule has 0 aromatic rings. The quantitative estimate of drug-likeness (QED) is 0.173. The molecule has 4 nitrogen and oxygen atoms in total. The van der Waals surface area contributed by atoms with Crippen molar-refractivity contribution in [2.24, 2.45) is 11.8 Å². The van der Waals surface area contributed by atoms with E-state index < -0.39 is 0 Å². The van der Waals surface area contributed by atoms with E-state index in [1.807, 2.05) is 12.2 Å². The average molecular weight is 395 g/mol. The van der Waals surface area contributed by atoms with Crippen LogP contribution in [-0.2, 0) is 19.1 Å². The Morgan fingerprint density at radius 1 is 0.643 bits per heavy atom. The van der Waals surface area contributed by atoms with Crippen LogP contribution in [0.3, 0.4) is 0 Å². The van der Waals surface area contributed by atoms with Crippen molar-refractivity contribution in [3.8, 4) is 0 Å². The first-order chi connectivity index (χ1) is 13.7. The lowest BCUT2D eigenvalue weighted by Crippen LogP contribution is -2.34. The second-order valence-electron chi connectivity index (χ2n) is 8.03. The summed E-state index contributed by atoms with van der Waals surface area (Å²) in [6.07, 6.45) is 19.2. The first-order valence-corrected chi connectivity index (χ1v) is 11.7. The van der Waals surface area contributed by atoms with Crippen LogP contribution in [-0.4, -0.2) is 25.2 Å². The van der Waals surface area contributed by atoms with E-state index in [0.717, 1.165) is 38.5 Å². The number of carbonyl (C=O) groups excluding carboxylic acids is 2. The van der Waals surface area contributed by atoms with E-state index in [2.05, 4.69) is 13.8 Å². The highest BCUT2D eigenvalue weighted by Crippen LogP contribution is 2.28. The Kier molecular flexibility index (Phi) is 14.7. The number of ether oxygens (including phenoxy) is 2. The Hall–Kier alpha value is -1.32. The van der Waals surface area contributed by atoms with Gasteiger partial charge in [-0.05, 0) is 25.7 Å². The van der Waals surface area contributed by atoms with Gasteiger partial charge in [0.1, 0.15) is 0 Å². The first kappa shape index (κ1) is 24.7. The van der Waals surface area contributed by atoms with E-state index in [-0.39, 0.29) is 23.8 Å². The minimum absolute atomic E-state index is 0.236. The lowest BCUT2D eigenvalue weighted by Gasteiger charge is -2.25. The SMILES string of the molecule is CCCCCCCCCCOC(=O)C1CC=CCC1C(=O)OCCCCCC. The lowest BCUT2D eigenvalue weighted by atomic mass is 9.83. The second kappa shape index (κ2) is 16.6. The van der Waals surface area contributed by atoms with Gasteiger partial charge in [0, 0.05) is 0 Å². The van der Waals surface area contributed by atoms with Crippen LogP contribution in [0.4, 0.5) is 0 Å². The van der Waals surface area contributed by atoms with Gasteiger partial charge >= 0.3 is 11.9 Å². The van der Waals surface area contributed by atoms with E-state index in [1.54, 1.807) is 0 Å². The van der Waals surface area contributed by atoms with Crippen LogP contribution in [0.5, 0.6) is 0 Å². The van der Waals surface area contributed by atoms with Gasteiger partial charge in [-0.25, -0.2) is 0 Å². The maximum absolute atomic E-state index is 12.5. The van der Waals surface area contributed by atoms with E-state index in [4.69, 9.17) is 9.47 Å². The van der Waals surface area contributed by atoms with Gasteiger partial charge in [0.2, 0.25) is 0 Å². The summed E-state index contributed by atoms with van der Waals surface area (Å²) in [5.74, 6) is -1.25. The van der Waals surface area contributed by atoms with Crippen LogP contribution < -0.4 is 0 Å². The number of esters is 2. The molecule has 28 heavy (non-hydrogen) atoms. The zero-order chi connectivity index (χ0) is 20.5. The zero-order valence-electron chi connectivity index (χ0n) is 18.3. The van der Waals surface area contributed by atoms with Crippen molar-refractivity contribution in [2.45, 2.75) is 104 Å². The molecule has 0 fully saturated rings. The van der Waals surface area contributed by atoms with Gasteiger partial charge < -0.3 is 9.47 Å². The van der Waals surface area contributed by atoms with E-state index in [1.165, 1.54) is 38.5 Å². The number of unbranched alkanes of at least 4 members (excludes halogenated alkanes) is 10. The van der Waals surface area contributed by atoms with Gasteiger partial charge in [0.25, 0.3) is 0 Å². The van der Waals surface area contributed by atoms with Gasteiger partial charge in [0.15, 0.2) is 0 Å². The third kappa shape index (κ3) is 10.9. The van der Waals surface area contributed by atoms with Crippen molar-refractivity contribution in [1.82, 2.24) is 0 Å². The largest absolute Gasteiger partial charge is 0.465 e. The molecule has 0 heterocycles. The van der Waals surface area contributed by atoms with Crippen LogP contribution in [0.1, 0.15) is 104 Å². The molecule has 0 saturated carbocycles. The molecule has 0 amide bonds. The van der Waals surface area contributed by atoms with Crippen LogP contribution >= 0.6 is 0 Å². The summed E-state index contributed by atoms with van der Waals surface area (Å²) in [5.41, 5.74) is 0. The molecule has 1 aliphatic rings. The van der Waals surface area contributed by atoms with Crippen molar-refractivity contribution in [3.05, 3.63) is 12.2 Å². The molecule has 0 bridgehead atoms. The van der Waals surface area contributed by atoms with E-state index in [9.17, 15) is 9.59 Å². The third-order valence-electron chi connectivity index (χ3n) is 5.52. The molecule has 0 aromatic carbocycles. The Morgan fingerprint density at radius 3 is 1.43 bits per heavy atom. The second-order valence-corrected chi connectivity index (χ2v) is 8.03. The average Bonchev–Trinajstić information content (AvgIpc) is 2.72. The van der Waals surface area contributed by atoms with Crippen LogP contribution in [0.15, 0.2) is 12.2 Å². The van der Waals surface area contributed by atoms with Crippen molar-refractivity contribution < 1.29 is 19.1 Å². The van der Waals surface area contributed by atoms with Crippen molar-refractivity contribution in [3.63, 3.8) is 0 Å². The van der Waals surface area contributed by atoms with Gasteiger partial charge in [-0.3, -0.25) is 9.59 Å². The number of hydrogen-bond acceptors (Lipinski definition) is 4. The molecule has 2 atom stereocenters. The number of hydrogen-bond donors (Lipinski definition) is 0. The summed E-state index contributed by atoms with van der Waals surface area (Å²) in [6, 6.07) is 0. The Bertz CT molecular complexity index is 444. The first-order valence-electron chi connectivity index (χ1n) is 11.7. The summed E-state index contributed by atoms with van der Waals surface area (Å²) in [6.45, 7) is 5.31. The number of rotatable bonds is 16. The molecule has 4 heteroatoms. The molecule has 0 aliphatic heterocycles. The molecule has 0 spiro atoms. The number of allylic oxidation sites excluding steroid dienone is 2. The maximum atomic E-state index is 12.5. The summed E-state index contributed by atoms with van der Waals surface area (Å²) in [7, 11) is 0. The van der Waals surface area contributed by atoms with Crippen LogP contribution in [0.25, 0.3) is 0 Å². The highest BCUT2D eigenvalue weighted by molar-refractivity contribution is 5.82. The maximum Gasteiger partial charge on any atom is 0.310 e. The summed E-state index contributed by atoms with van der Waals surface area (Å²) < 4.78 is 10.9. The predicted molar refractivity (Wildman–Crippen MR) is 114 cm³/mol. The fourth-order valence-corrected chi connectivity index (χ4v) is 3.66. The topological polar surface area (TPSA) is 52.6 Å². The van der Waals surface area contributed by atoms with Crippen molar-refractivity contribution >= 4 is 11.9 Å². The minimum atomic E-state index is -0.387. The molecular weight excluding hydrogens is 352 g/mol. The van der Waals surface area contributed by atoms with Gasteiger partial charge in [0.05, 0.1) is 25.0 Å². The Labute approximate surface area is 172 Å². The molecule has 162 valence electrons. The van der Waals surface area contributed by atoms with Gasteiger partial charge in [-0.15, -0.1) is 0 Å². The van der Waals surface area contributed by atoms with Gasteiger partial charge in [-0.1, -0.05) is 90.2 Å². The van der Waals surface area contributed by atoms with Crippen molar-refractivity contribution in [1.29, 1.82) is 0 Å². The van der Waals surface area contributed by atoms with E-state index >= 15 is 0 Å². The molecule has 2 unspecified atom stereocenters.